The topological polar surface area (TPSA) is 3.24 Å². The average Bonchev–Trinajstić information content (AvgIpc) is 2.94. The molecule has 6 rings (SSSR count). The van der Waals surface area contributed by atoms with Gasteiger partial charge in [-0.15, -0.1) is 0 Å². The minimum atomic E-state index is -0.286. The van der Waals surface area contributed by atoms with Crippen LogP contribution in [0.25, 0.3) is 33.0 Å². The van der Waals surface area contributed by atoms with Crippen LogP contribution >= 0.6 is 0 Å². The predicted octanol–water partition coefficient (Wildman–Crippen LogP) is 9.92. The lowest BCUT2D eigenvalue weighted by molar-refractivity contribution is 0.628. The van der Waals surface area contributed by atoms with Crippen molar-refractivity contribution in [2.24, 2.45) is 0 Å². The number of hydrogen-bond donors (Lipinski definition) is 0. The molecule has 0 unspecified atom stereocenters. The molecule has 0 heterocycles. The van der Waals surface area contributed by atoms with Crippen LogP contribution in [0.1, 0.15) is 0 Å². The van der Waals surface area contributed by atoms with Gasteiger partial charge in [0.05, 0.1) is 0 Å². The van der Waals surface area contributed by atoms with E-state index in [2.05, 4.69) is 30.3 Å². The van der Waals surface area contributed by atoms with E-state index in [9.17, 15) is 8.78 Å². The van der Waals surface area contributed by atoms with Crippen molar-refractivity contribution < 1.29 is 8.78 Å². The van der Waals surface area contributed by atoms with Gasteiger partial charge in [-0.25, -0.2) is 8.78 Å². The lowest BCUT2D eigenvalue weighted by Gasteiger charge is -2.25. The molecule has 0 saturated heterocycles. The van der Waals surface area contributed by atoms with Crippen LogP contribution < -0.4 is 4.90 Å². The summed E-state index contributed by atoms with van der Waals surface area (Å²) in [4.78, 5) is 2.03. The number of anilines is 3. The fourth-order valence-electron chi connectivity index (χ4n) is 4.92. The van der Waals surface area contributed by atoms with Crippen LogP contribution in [0.15, 0.2) is 140 Å². The van der Waals surface area contributed by atoms with Crippen molar-refractivity contribution in [3.8, 4) is 22.3 Å². The summed E-state index contributed by atoms with van der Waals surface area (Å²) >= 11 is 0. The molecule has 0 aliphatic heterocycles. The Hall–Kier alpha value is -4.76. The second kappa shape index (κ2) is 9.71. The van der Waals surface area contributed by atoms with Gasteiger partial charge in [0.25, 0.3) is 0 Å². The highest BCUT2D eigenvalue weighted by molar-refractivity contribution is 6.06. The van der Waals surface area contributed by atoms with Crippen molar-refractivity contribution in [3.63, 3.8) is 0 Å². The average molecular weight is 484 g/mol. The van der Waals surface area contributed by atoms with Gasteiger partial charge >= 0.3 is 0 Å². The summed E-state index contributed by atoms with van der Waals surface area (Å²) in [6, 6.07) is 43.8. The number of hydrogen-bond acceptors (Lipinski definition) is 1. The monoisotopic (exact) mass is 483 g/mol. The third kappa shape index (κ3) is 4.36. The predicted molar refractivity (Wildman–Crippen MR) is 149 cm³/mol. The molecule has 0 fully saturated rings. The van der Waals surface area contributed by atoms with Gasteiger partial charge in [0, 0.05) is 22.6 Å². The molecule has 178 valence electrons. The zero-order chi connectivity index (χ0) is 25.2. The minimum Gasteiger partial charge on any atom is -0.310 e. The van der Waals surface area contributed by atoms with E-state index in [1.165, 1.54) is 18.2 Å². The van der Waals surface area contributed by atoms with Gasteiger partial charge in [-0.3, -0.25) is 0 Å². The lowest BCUT2D eigenvalue weighted by Crippen LogP contribution is -2.09. The third-order valence-corrected chi connectivity index (χ3v) is 6.59. The molecule has 0 bridgehead atoms. The molecule has 0 amide bonds. The van der Waals surface area contributed by atoms with Gasteiger partial charge in [-0.1, -0.05) is 91.0 Å². The molecule has 0 radical (unpaired) electrons. The lowest BCUT2D eigenvalue weighted by atomic mass is 9.91. The summed E-state index contributed by atoms with van der Waals surface area (Å²) in [5, 5.41) is 2.06. The van der Waals surface area contributed by atoms with Gasteiger partial charge in [-0.05, 0) is 76.0 Å². The number of benzene rings is 6. The van der Waals surface area contributed by atoms with Gasteiger partial charge in [-0.2, -0.15) is 0 Å². The molecule has 0 spiro atoms. The van der Waals surface area contributed by atoms with Crippen LogP contribution in [0.2, 0.25) is 0 Å². The van der Waals surface area contributed by atoms with Crippen molar-refractivity contribution in [3.05, 3.63) is 151 Å². The third-order valence-electron chi connectivity index (χ3n) is 6.59. The molecule has 0 saturated carbocycles. The highest BCUT2D eigenvalue weighted by Crippen LogP contribution is 2.39. The zero-order valence-electron chi connectivity index (χ0n) is 20.0. The minimum absolute atomic E-state index is 0.242. The van der Waals surface area contributed by atoms with Crippen LogP contribution in [-0.4, -0.2) is 0 Å². The summed E-state index contributed by atoms with van der Waals surface area (Å²) in [6.45, 7) is 0. The van der Waals surface area contributed by atoms with E-state index in [0.717, 1.165) is 44.5 Å². The van der Waals surface area contributed by atoms with Crippen molar-refractivity contribution in [1.29, 1.82) is 0 Å². The molecule has 0 aromatic heterocycles. The first-order valence-electron chi connectivity index (χ1n) is 12.2. The highest BCUT2D eigenvalue weighted by Gasteiger charge is 2.15. The van der Waals surface area contributed by atoms with Gasteiger partial charge in [0.1, 0.15) is 11.6 Å². The summed E-state index contributed by atoms with van der Waals surface area (Å²) in [5.41, 5.74) is 6.08. The molecule has 1 nitrogen and oxygen atoms in total. The van der Waals surface area contributed by atoms with Crippen LogP contribution in [0, 0.1) is 11.6 Å². The van der Waals surface area contributed by atoms with Crippen LogP contribution in [-0.2, 0) is 0 Å². The Kier molecular flexibility index (Phi) is 5.95. The first-order chi connectivity index (χ1) is 18.2. The molecular weight excluding hydrogens is 460 g/mol. The number of halogens is 2. The summed E-state index contributed by atoms with van der Waals surface area (Å²) in [5.74, 6) is -0.528. The zero-order valence-corrected chi connectivity index (χ0v) is 20.0. The van der Waals surface area contributed by atoms with Gasteiger partial charge in [0.15, 0.2) is 0 Å². The molecule has 37 heavy (non-hydrogen) atoms. The number of fused-ring (bicyclic) bond motifs is 1. The fraction of sp³-hybridized carbons (Fsp3) is 0. The highest BCUT2D eigenvalue weighted by atomic mass is 19.1. The van der Waals surface area contributed by atoms with Crippen LogP contribution in [0.4, 0.5) is 25.8 Å². The number of rotatable bonds is 5. The Morgan fingerprint density at radius 1 is 0.432 bits per heavy atom. The number of para-hydroxylation sites is 1. The van der Waals surface area contributed by atoms with Gasteiger partial charge in [0.2, 0.25) is 0 Å². The van der Waals surface area contributed by atoms with Crippen LogP contribution in [0.5, 0.6) is 0 Å². The van der Waals surface area contributed by atoms with E-state index in [1.54, 1.807) is 12.1 Å². The summed E-state index contributed by atoms with van der Waals surface area (Å²) in [6.07, 6.45) is 0. The maximum Gasteiger partial charge on any atom is 0.131 e. The molecule has 0 atom stereocenters. The second-order valence-electron chi connectivity index (χ2n) is 8.89. The second-order valence-corrected chi connectivity index (χ2v) is 8.89. The van der Waals surface area contributed by atoms with E-state index in [4.69, 9.17) is 0 Å². The molecule has 0 aliphatic carbocycles. The molecule has 3 heteroatoms. The van der Waals surface area contributed by atoms with E-state index in [0.29, 0.717) is 5.56 Å². The van der Waals surface area contributed by atoms with E-state index in [1.807, 2.05) is 83.8 Å². The fourth-order valence-corrected chi connectivity index (χ4v) is 4.92. The van der Waals surface area contributed by atoms with E-state index in [-0.39, 0.29) is 11.6 Å². The van der Waals surface area contributed by atoms with E-state index >= 15 is 0 Å². The first kappa shape index (κ1) is 22.7. The Morgan fingerprint density at radius 2 is 1.03 bits per heavy atom. The van der Waals surface area contributed by atoms with Crippen LogP contribution in [0.3, 0.4) is 0 Å². The van der Waals surface area contributed by atoms with E-state index < -0.39 is 0 Å². The van der Waals surface area contributed by atoms with Crippen molar-refractivity contribution in [2.75, 3.05) is 4.90 Å². The molecule has 6 aromatic carbocycles. The smallest absolute Gasteiger partial charge is 0.131 e. The summed E-state index contributed by atoms with van der Waals surface area (Å²) < 4.78 is 28.9. The molecule has 0 N–H and O–H groups in total. The van der Waals surface area contributed by atoms with Crippen molar-refractivity contribution in [2.45, 2.75) is 0 Å². The Morgan fingerprint density at radius 3 is 1.76 bits per heavy atom. The van der Waals surface area contributed by atoms with Crippen molar-refractivity contribution in [1.82, 2.24) is 0 Å². The standard InChI is InChI=1S/C34H23F2N/c35-26-11-8-14-29(23-26)37(27-12-2-1-3-13-27)28-21-19-24(20-22-28)30-16-6-9-25-10-7-17-32(34(25)30)31-15-4-5-18-33(31)36/h1-23H. The molecule has 6 aromatic rings. The Bertz CT molecular complexity index is 1690. The maximum absolute atomic E-state index is 14.8. The van der Waals surface area contributed by atoms with Gasteiger partial charge < -0.3 is 4.90 Å². The molecule has 0 aliphatic rings. The number of nitrogens with zero attached hydrogens (tertiary/aromatic N) is 1. The largest absolute Gasteiger partial charge is 0.310 e. The Balaban J connectivity index is 1.48. The van der Waals surface area contributed by atoms with Crippen molar-refractivity contribution >= 4 is 27.8 Å². The molecular formula is C34H23F2N. The SMILES string of the molecule is Fc1cccc(N(c2ccccc2)c2ccc(-c3cccc4cccc(-c5ccccc5F)c34)cc2)c1. The maximum atomic E-state index is 14.8. The normalized spacial score (nSPS) is 11.0. The first-order valence-corrected chi connectivity index (χ1v) is 12.2. The summed E-state index contributed by atoms with van der Waals surface area (Å²) in [7, 11) is 0. The quantitative estimate of drug-likeness (QED) is 0.236. The Labute approximate surface area is 214 Å².